The molecule has 0 fully saturated rings. The van der Waals surface area contributed by atoms with Crippen molar-refractivity contribution >= 4 is 17.5 Å². The van der Waals surface area contributed by atoms with E-state index in [2.05, 4.69) is 15.2 Å². The molecule has 0 bridgehead atoms. The minimum absolute atomic E-state index is 0.159. The molecule has 10 heteroatoms. The van der Waals surface area contributed by atoms with Crippen molar-refractivity contribution in [2.75, 3.05) is 6.61 Å². The molecule has 1 heterocycles. The molecule has 0 spiro atoms. The number of hydrogen-bond donors (Lipinski definition) is 1. The number of amides is 1. The molecule has 1 aromatic heterocycles. The Morgan fingerprint density at radius 3 is 2.28 bits per heavy atom. The number of benzene rings is 2. The van der Waals surface area contributed by atoms with Crippen LogP contribution in [0.3, 0.4) is 0 Å². The van der Waals surface area contributed by atoms with E-state index in [1.54, 1.807) is 43.3 Å². The maximum Gasteiger partial charge on any atom is 0.411 e. The zero-order chi connectivity index (χ0) is 23.3. The Labute approximate surface area is 186 Å². The van der Waals surface area contributed by atoms with Gasteiger partial charge in [0, 0.05) is 6.54 Å². The third kappa shape index (κ3) is 6.54. The number of alkyl halides is 3. The molecule has 32 heavy (non-hydrogen) atoms. The Morgan fingerprint density at radius 2 is 1.66 bits per heavy atom. The number of carbonyl (C=O) groups excluding carboxylic acids is 1. The molecule has 0 aliphatic heterocycles. The van der Waals surface area contributed by atoms with E-state index in [0.29, 0.717) is 11.3 Å². The van der Waals surface area contributed by atoms with Gasteiger partial charge in [-0.15, -0.1) is 0 Å². The van der Waals surface area contributed by atoms with E-state index in [-0.39, 0.29) is 36.2 Å². The van der Waals surface area contributed by atoms with E-state index in [1.165, 1.54) is 16.8 Å². The van der Waals surface area contributed by atoms with E-state index >= 15 is 0 Å². The Morgan fingerprint density at radius 1 is 1.06 bits per heavy atom. The molecule has 0 atom stereocenters. The number of aryl methyl sites for hydroxylation is 1. The molecule has 0 saturated carbocycles. The van der Waals surface area contributed by atoms with Crippen LogP contribution in [0.25, 0.3) is 0 Å². The number of halogens is 5. The summed E-state index contributed by atoms with van der Waals surface area (Å²) in [7, 11) is 0. The molecule has 170 valence electrons. The summed E-state index contributed by atoms with van der Waals surface area (Å²) in [4.78, 5) is 12.6. The molecule has 1 N–H and O–H groups in total. The van der Waals surface area contributed by atoms with E-state index in [0.717, 1.165) is 11.1 Å². The molecule has 3 aromatic rings. The molecule has 0 saturated heterocycles. The van der Waals surface area contributed by atoms with Crippen molar-refractivity contribution in [3.05, 3.63) is 87.4 Å². The number of carbonyl (C=O) groups is 1. The van der Waals surface area contributed by atoms with Crippen LogP contribution < -0.4 is 5.32 Å². The van der Waals surface area contributed by atoms with Gasteiger partial charge in [-0.3, -0.25) is 4.79 Å². The van der Waals surface area contributed by atoms with Crippen LogP contribution >= 0.6 is 11.6 Å². The molecule has 0 aliphatic rings. The van der Waals surface area contributed by atoms with Gasteiger partial charge < -0.3 is 10.1 Å². The monoisotopic (exact) mass is 469 g/mol. The number of nitrogens with one attached hydrogen (secondary N) is 1. The summed E-state index contributed by atoms with van der Waals surface area (Å²) in [5.41, 5.74) is 2.82. The first-order valence-corrected chi connectivity index (χ1v) is 9.98. The predicted molar refractivity (Wildman–Crippen MR) is 111 cm³/mol. The molecule has 0 aliphatic carbocycles. The van der Waals surface area contributed by atoms with Crippen molar-refractivity contribution in [2.24, 2.45) is 0 Å². The van der Waals surface area contributed by atoms with Crippen LogP contribution in [0.1, 0.15) is 32.7 Å². The highest BCUT2D eigenvalue weighted by Gasteiger charge is 2.27. The average Bonchev–Trinajstić information content (AvgIpc) is 3.01. The maximum atomic E-state index is 13.1. The summed E-state index contributed by atoms with van der Waals surface area (Å²) >= 11 is 6.36. The summed E-state index contributed by atoms with van der Waals surface area (Å²) < 4.78 is 55.5. The largest absolute Gasteiger partial charge is 0.411 e. The lowest BCUT2D eigenvalue weighted by atomic mass is 10.1. The van der Waals surface area contributed by atoms with Gasteiger partial charge in [-0.2, -0.15) is 18.3 Å². The van der Waals surface area contributed by atoms with Crippen LogP contribution in [-0.2, 0) is 24.4 Å². The number of aromatic nitrogens is 2. The number of ether oxygens (including phenoxy) is 1. The maximum absolute atomic E-state index is 13.1. The lowest BCUT2D eigenvalue weighted by molar-refractivity contribution is -0.176. The van der Waals surface area contributed by atoms with Gasteiger partial charge in [0.25, 0.3) is 5.91 Å². The van der Waals surface area contributed by atoms with Crippen molar-refractivity contribution in [2.45, 2.75) is 32.8 Å². The number of rotatable bonds is 8. The lowest BCUT2D eigenvalue weighted by Gasteiger charge is -2.09. The van der Waals surface area contributed by atoms with Crippen molar-refractivity contribution < 1.29 is 27.1 Å². The highest BCUT2D eigenvalue weighted by molar-refractivity contribution is 6.33. The summed E-state index contributed by atoms with van der Waals surface area (Å²) in [5.74, 6) is -0.756. The lowest BCUT2D eigenvalue weighted by Crippen LogP contribution is -2.23. The van der Waals surface area contributed by atoms with Crippen molar-refractivity contribution in [1.29, 1.82) is 0 Å². The molecule has 3 rings (SSSR count). The van der Waals surface area contributed by atoms with Gasteiger partial charge in [0.15, 0.2) is 0 Å². The smallest absolute Gasteiger partial charge is 0.367 e. The number of nitrogens with zero attached hydrogens (tertiary/aromatic N) is 2. The van der Waals surface area contributed by atoms with E-state index in [4.69, 9.17) is 11.6 Å². The van der Waals surface area contributed by atoms with Crippen LogP contribution in [0.5, 0.6) is 0 Å². The molecular weight excluding hydrogens is 450 g/mol. The van der Waals surface area contributed by atoms with Crippen molar-refractivity contribution in [3.63, 3.8) is 0 Å². The molecule has 5 nitrogen and oxygen atoms in total. The van der Waals surface area contributed by atoms with Crippen molar-refractivity contribution in [3.8, 4) is 0 Å². The number of hydrogen-bond acceptors (Lipinski definition) is 3. The molecule has 2 aromatic carbocycles. The standard InChI is InChI=1S/C22H20ClF4N3O2/c1-14-19(20(23)30(29-14)11-16-6-8-18(24)9-7-16)21(31)28-10-15-2-4-17(5-3-15)12-32-13-22(25,26)27/h2-9H,10-13H2,1H3,(H,28,31). The predicted octanol–water partition coefficient (Wildman–Crippen LogP) is 5.04. The van der Waals surface area contributed by atoms with Gasteiger partial charge in [0.05, 0.1) is 24.4 Å². The van der Waals surface area contributed by atoms with Gasteiger partial charge >= 0.3 is 6.18 Å². The van der Waals surface area contributed by atoms with Crippen LogP contribution in [0.2, 0.25) is 5.15 Å². The van der Waals surface area contributed by atoms with Crippen LogP contribution in [-0.4, -0.2) is 28.5 Å². The van der Waals surface area contributed by atoms with E-state index in [1.807, 2.05) is 0 Å². The van der Waals surface area contributed by atoms with Gasteiger partial charge in [-0.1, -0.05) is 48.0 Å². The Bertz CT molecular complexity index is 1060. The first-order valence-electron chi connectivity index (χ1n) is 9.60. The Kier molecular flexibility index (Phi) is 7.52. The second-order valence-corrected chi connectivity index (χ2v) is 7.50. The van der Waals surface area contributed by atoms with Gasteiger partial charge in [0.2, 0.25) is 0 Å². The normalized spacial score (nSPS) is 11.6. The van der Waals surface area contributed by atoms with Crippen LogP contribution in [0.4, 0.5) is 17.6 Å². The summed E-state index contributed by atoms with van der Waals surface area (Å²) in [6.45, 7) is 0.679. The zero-order valence-corrected chi connectivity index (χ0v) is 17.8. The highest BCUT2D eigenvalue weighted by Crippen LogP contribution is 2.21. The molecule has 1 amide bonds. The summed E-state index contributed by atoms with van der Waals surface area (Å²) in [6, 6.07) is 12.5. The topological polar surface area (TPSA) is 56.2 Å². The van der Waals surface area contributed by atoms with E-state index < -0.39 is 18.7 Å². The zero-order valence-electron chi connectivity index (χ0n) is 17.0. The van der Waals surface area contributed by atoms with Crippen LogP contribution in [0, 0.1) is 12.7 Å². The fourth-order valence-corrected chi connectivity index (χ4v) is 3.31. The molecular formula is C22H20ClF4N3O2. The Balaban J connectivity index is 1.58. The third-order valence-electron chi connectivity index (χ3n) is 4.55. The fraction of sp³-hybridized carbons (Fsp3) is 0.273. The third-order valence-corrected chi connectivity index (χ3v) is 4.93. The van der Waals surface area contributed by atoms with Gasteiger partial charge in [-0.05, 0) is 35.7 Å². The summed E-state index contributed by atoms with van der Waals surface area (Å²) in [5, 5.41) is 7.22. The Hall–Kier alpha value is -2.91. The minimum atomic E-state index is -4.36. The van der Waals surface area contributed by atoms with Gasteiger partial charge in [-0.25, -0.2) is 9.07 Å². The second kappa shape index (κ2) is 10.1. The summed E-state index contributed by atoms with van der Waals surface area (Å²) in [6.07, 6.45) is -4.36. The fourth-order valence-electron chi connectivity index (χ4n) is 2.99. The quantitative estimate of drug-likeness (QED) is 0.470. The average molecular weight is 470 g/mol. The second-order valence-electron chi connectivity index (χ2n) is 7.14. The molecule has 0 radical (unpaired) electrons. The van der Waals surface area contributed by atoms with Crippen molar-refractivity contribution in [1.82, 2.24) is 15.1 Å². The van der Waals surface area contributed by atoms with Crippen LogP contribution in [0.15, 0.2) is 48.5 Å². The minimum Gasteiger partial charge on any atom is -0.367 e. The SMILES string of the molecule is Cc1nn(Cc2ccc(F)cc2)c(Cl)c1C(=O)NCc1ccc(COCC(F)(F)F)cc1. The van der Waals surface area contributed by atoms with Gasteiger partial charge in [0.1, 0.15) is 17.6 Å². The van der Waals surface area contributed by atoms with E-state index in [9.17, 15) is 22.4 Å². The first kappa shape index (κ1) is 23.7. The first-order chi connectivity index (χ1) is 15.1. The molecule has 0 unspecified atom stereocenters. The highest BCUT2D eigenvalue weighted by atomic mass is 35.5.